The normalized spacial score (nSPS) is 8.46. The smallest absolute Gasteiger partial charge is 0.00982 e. The maximum atomic E-state index is 5.37. The second-order valence-electron chi connectivity index (χ2n) is 2.75. The van der Waals surface area contributed by atoms with Crippen LogP contribution in [0.2, 0.25) is 0 Å². The van der Waals surface area contributed by atoms with Crippen molar-refractivity contribution in [2.75, 3.05) is 26.7 Å². The molecule has 0 spiro atoms. The first kappa shape index (κ1) is 18.8. The molecule has 4 heteroatoms. The van der Waals surface area contributed by atoms with E-state index in [1.165, 1.54) is 0 Å². The van der Waals surface area contributed by atoms with Crippen molar-refractivity contribution in [2.24, 2.45) is 5.73 Å². The van der Waals surface area contributed by atoms with E-state index < -0.39 is 0 Å². The van der Waals surface area contributed by atoms with Gasteiger partial charge in [-0.2, -0.15) is 0 Å². The number of terminal acetylenes is 1. The summed E-state index contributed by atoms with van der Waals surface area (Å²) in [4.78, 5) is 2.27. The molecule has 0 aliphatic heterocycles. The Labute approximate surface area is 94.1 Å². The summed E-state index contributed by atoms with van der Waals surface area (Å²) < 4.78 is 0. The van der Waals surface area contributed by atoms with Gasteiger partial charge in [-0.3, -0.25) is 0 Å². The lowest BCUT2D eigenvalue weighted by atomic mass is 10.3. The standard InChI is InChI=1S/C9H18N2.2ClH/c1-3-4-5-8-11(2)9-6-7-10;;/h1H,4-10H2,2H3;2*1H. The van der Waals surface area contributed by atoms with Gasteiger partial charge in [-0.05, 0) is 39.5 Å². The number of halogens is 2. The molecule has 0 aromatic carbocycles. The first-order valence-corrected chi connectivity index (χ1v) is 4.13. The zero-order chi connectivity index (χ0) is 8.53. The van der Waals surface area contributed by atoms with E-state index >= 15 is 0 Å². The first-order valence-electron chi connectivity index (χ1n) is 4.13. The molecule has 0 amide bonds. The molecule has 0 aliphatic carbocycles. The summed E-state index contributed by atoms with van der Waals surface area (Å²) in [5.74, 6) is 2.63. The van der Waals surface area contributed by atoms with Gasteiger partial charge in [0.1, 0.15) is 0 Å². The van der Waals surface area contributed by atoms with Gasteiger partial charge in [-0.25, -0.2) is 0 Å². The van der Waals surface area contributed by atoms with E-state index in [2.05, 4.69) is 17.9 Å². The molecule has 0 atom stereocenters. The monoisotopic (exact) mass is 226 g/mol. The maximum Gasteiger partial charge on any atom is 0.00982 e. The average molecular weight is 227 g/mol. The molecule has 0 aromatic rings. The Balaban J connectivity index is -0.000000500. The zero-order valence-corrected chi connectivity index (χ0v) is 9.79. The second-order valence-corrected chi connectivity index (χ2v) is 2.75. The van der Waals surface area contributed by atoms with Crippen LogP contribution in [0, 0.1) is 12.3 Å². The Bertz CT molecular complexity index is 123. The minimum absolute atomic E-state index is 0. The van der Waals surface area contributed by atoms with Gasteiger partial charge in [-0.1, -0.05) is 0 Å². The van der Waals surface area contributed by atoms with Crippen molar-refractivity contribution in [2.45, 2.75) is 19.3 Å². The summed E-state index contributed by atoms with van der Waals surface area (Å²) in [6.45, 7) is 2.95. The van der Waals surface area contributed by atoms with Crippen LogP contribution in [0.5, 0.6) is 0 Å². The fraction of sp³-hybridized carbons (Fsp3) is 0.778. The van der Waals surface area contributed by atoms with E-state index in [0.717, 1.165) is 38.9 Å². The lowest BCUT2D eigenvalue weighted by molar-refractivity contribution is 0.328. The van der Waals surface area contributed by atoms with Gasteiger partial charge in [0.05, 0.1) is 0 Å². The van der Waals surface area contributed by atoms with Gasteiger partial charge in [0.15, 0.2) is 0 Å². The Kier molecular flexibility index (Phi) is 21.0. The second kappa shape index (κ2) is 14.6. The predicted molar refractivity (Wildman–Crippen MR) is 63.7 cm³/mol. The van der Waals surface area contributed by atoms with Gasteiger partial charge in [-0.15, -0.1) is 37.2 Å². The number of nitrogens with two attached hydrogens (primary N) is 1. The van der Waals surface area contributed by atoms with E-state index in [9.17, 15) is 0 Å². The highest BCUT2D eigenvalue weighted by molar-refractivity contribution is 5.85. The Hall–Kier alpha value is 0.0600. The summed E-state index contributed by atoms with van der Waals surface area (Å²) in [5, 5.41) is 0. The molecule has 13 heavy (non-hydrogen) atoms. The van der Waals surface area contributed by atoms with Crippen LogP contribution in [0.1, 0.15) is 19.3 Å². The number of hydrogen-bond donors (Lipinski definition) is 1. The molecule has 0 aromatic heterocycles. The minimum atomic E-state index is 0. The lowest BCUT2D eigenvalue weighted by Crippen LogP contribution is -2.22. The first-order chi connectivity index (χ1) is 5.31. The third-order valence-electron chi connectivity index (χ3n) is 1.60. The Morgan fingerprint density at radius 3 is 2.23 bits per heavy atom. The average Bonchev–Trinajstić information content (AvgIpc) is 2.01. The Morgan fingerprint density at radius 2 is 1.77 bits per heavy atom. The molecule has 0 heterocycles. The van der Waals surface area contributed by atoms with Crippen LogP contribution in [0.3, 0.4) is 0 Å². The van der Waals surface area contributed by atoms with Crippen molar-refractivity contribution in [3.8, 4) is 12.3 Å². The van der Waals surface area contributed by atoms with Gasteiger partial charge < -0.3 is 10.6 Å². The maximum absolute atomic E-state index is 5.37. The van der Waals surface area contributed by atoms with Crippen molar-refractivity contribution in [1.82, 2.24) is 4.90 Å². The van der Waals surface area contributed by atoms with Crippen molar-refractivity contribution < 1.29 is 0 Å². The largest absolute Gasteiger partial charge is 0.330 e. The molecule has 0 bridgehead atoms. The van der Waals surface area contributed by atoms with Crippen LogP contribution < -0.4 is 5.73 Å². The number of nitrogens with zero attached hydrogens (tertiary/aromatic N) is 1. The van der Waals surface area contributed by atoms with Crippen molar-refractivity contribution in [1.29, 1.82) is 0 Å². The van der Waals surface area contributed by atoms with Gasteiger partial charge in [0.25, 0.3) is 0 Å². The van der Waals surface area contributed by atoms with Gasteiger partial charge in [0.2, 0.25) is 0 Å². The summed E-state index contributed by atoms with van der Waals surface area (Å²) >= 11 is 0. The summed E-state index contributed by atoms with van der Waals surface area (Å²) in [5.41, 5.74) is 5.37. The predicted octanol–water partition coefficient (Wildman–Crippen LogP) is 1.52. The SMILES string of the molecule is C#CCCCN(C)CCCN.Cl.Cl. The third kappa shape index (κ3) is 14.9. The van der Waals surface area contributed by atoms with Crippen LogP contribution in [0.15, 0.2) is 0 Å². The van der Waals surface area contributed by atoms with E-state index in [1.54, 1.807) is 0 Å². The highest BCUT2D eigenvalue weighted by Crippen LogP contribution is 1.91. The highest BCUT2D eigenvalue weighted by atomic mass is 35.5. The zero-order valence-electron chi connectivity index (χ0n) is 8.16. The number of hydrogen-bond acceptors (Lipinski definition) is 2. The third-order valence-corrected chi connectivity index (χ3v) is 1.60. The molecule has 0 fully saturated rings. The molecule has 0 rings (SSSR count). The van der Waals surface area contributed by atoms with E-state index in [-0.39, 0.29) is 24.8 Å². The molecular weight excluding hydrogens is 207 g/mol. The highest BCUT2D eigenvalue weighted by Gasteiger charge is 1.94. The summed E-state index contributed by atoms with van der Waals surface area (Å²) in [7, 11) is 2.10. The molecule has 0 radical (unpaired) electrons. The van der Waals surface area contributed by atoms with Crippen LogP contribution >= 0.6 is 24.8 Å². The fourth-order valence-electron chi connectivity index (χ4n) is 0.924. The van der Waals surface area contributed by atoms with E-state index in [4.69, 9.17) is 12.2 Å². The minimum Gasteiger partial charge on any atom is -0.330 e. The van der Waals surface area contributed by atoms with Crippen molar-refractivity contribution >= 4 is 24.8 Å². The summed E-state index contributed by atoms with van der Waals surface area (Å²) in [6.07, 6.45) is 8.18. The molecule has 0 unspecified atom stereocenters. The molecule has 2 N–H and O–H groups in total. The van der Waals surface area contributed by atoms with Crippen LogP contribution in [0.4, 0.5) is 0 Å². The number of rotatable bonds is 6. The molecule has 80 valence electrons. The van der Waals surface area contributed by atoms with Crippen LogP contribution in [0.25, 0.3) is 0 Å². The van der Waals surface area contributed by atoms with Crippen LogP contribution in [-0.2, 0) is 0 Å². The van der Waals surface area contributed by atoms with Gasteiger partial charge in [0, 0.05) is 6.42 Å². The number of unbranched alkanes of at least 4 members (excludes halogenated alkanes) is 1. The van der Waals surface area contributed by atoms with E-state index in [0.29, 0.717) is 0 Å². The molecule has 0 saturated carbocycles. The molecule has 0 saturated heterocycles. The molecular formula is C9H20Cl2N2. The van der Waals surface area contributed by atoms with E-state index in [1.807, 2.05) is 0 Å². The quantitative estimate of drug-likeness (QED) is 0.550. The Morgan fingerprint density at radius 1 is 1.23 bits per heavy atom. The summed E-state index contributed by atoms with van der Waals surface area (Å²) in [6, 6.07) is 0. The van der Waals surface area contributed by atoms with Crippen molar-refractivity contribution in [3.63, 3.8) is 0 Å². The van der Waals surface area contributed by atoms with Gasteiger partial charge >= 0.3 is 0 Å². The van der Waals surface area contributed by atoms with Crippen LogP contribution in [-0.4, -0.2) is 31.6 Å². The topological polar surface area (TPSA) is 29.3 Å². The molecule has 0 aliphatic rings. The lowest BCUT2D eigenvalue weighted by Gasteiger charge is -2.14. The fourth-order valence-corrected chi connectivity index (χ4v) is 0.924. The van der Waals surface area contributed by atoms with Crippen molar-refractivity contribution in [3.05, 3.63) is 0 Å². The molecule has 2 nitrogen and oxygen atoms in total.